The molecule has 1 aliphatic rings. The molecule has 1 unspecified atom stereocenters. The van der Waals surface area contributed by atoms with Crippen molar-refractivity contribution in [1.29, 1.82) is 0 Å². The summed E-state index contributed by atoms with van der Waals surface area (Å²) >= 11 is 0. The molecule has 0 bridgehead atoms. The number of aliphatic hydroxyl groups is 2. The lowest BCUT2D eigenvalue weighted by atomic mass is 9.98. The molecule has 1 aromatic heterocycles. The first-order chi connectivity index (χ1) is 12.3. The van der Waals surface area contributed by atoms with Crippen molar-refractivity contribution in [3.63, 3.8) is 0 Å². The first-order valence-corrected chi connectivity index (χ1v) is 11.4. The normalized spacial score (nSPS) is 25.7. The number of alkyl halides is 1. The van der Waals surface area contributed by atoms with Gasteiger partial charge in [0.15, 0.2) is 20.7 Å². The first kappa shape index (κ1) is 21.9. The Morgan fingerprint density at radius 3 is 2.37 bits per heavy atom. The second kappa shape index (κ2) is 7.21. The summed E-state index contributed by atoms with van der Waals surface area (Å²) in [5.41, 5.74) is -4.15. The number of halogens is 2. The predicted molar refractivity (Wildman–Crippen MR) is 95.3 cm³/mol. The average Bonchev–Trinajstić information content (AvgIpc) is 2.83. The summed E-state index contributed by atoms with van der Waals surface area (Å²) in [7, 11) is -2.56. The zero-order valence-corrected chi connectivity index (χ0v) is 17.0. The van der Waals surface area contributed by atoms with Crippen LogP contribution in [0.3, 0.4) is 0 Å². The van der Waals surface area contributed by atoms with Crippen molar-refractivity contribution in [3.8, 4) is 0 Å². The molecule has 1 saturated heterocycles. The highest BCUT2D eigenvalue weighted by atomic mass is 28.4. The number of aromatic amines is 1. The third-order valence-corrected chi connectivity index (χ3v) is 9.85. The quantitative estimate of drug-likeness (QED) is 0.617. The van der Waals surface area contributed by atoms with Gasteiger partial charge < -0.3 is 19.4 Å². The maximum absolute atomic E-state index is 15.3. The van der Waals surface area contributed by atoms with Crippen LogP contribution in [0.4, 0.5) is 8.78 Å². The van der Waals surface area contributed by atoms with Crippen molar-refractivity contribution in [2.45, 2.75) is 63.0 Å². The number of nitrogens with zero attached hydrogens (tertiary/aromatic N) is 1. The van der Waals surface area contributed by atoms with Crippen LogP contribution >= 0.6 is 0 Å². The Bertz CT molecular complexity index is 799. The first-order valence-electron chi connectivity index (χ1n) is 8.52. The number of hydrogen-bond acceptors (Lipinski definition) is 6. The van der Waals surface area contributed by atoms with E-state index in [4.69, 9.17) is 9.16 Å². The van der Waals surface area contributed by atoms with E-state index in [2.05, 4.69) is 0 Å². The lowest BCUT2D eigenvalue weighted by Crippen LogP contribution is -2.56. The molecule has 0 saturated carbocycles. The van der Waals surface area contributed by atoms with E-state index < -0.39 is 62.7 Å². The Kier molecular flexibility index (Phi) is 5.84. The van der Waals surface area contributed by atoms with Crippen molar-refractivity contribution in [3.05, 3.63) is 32.9 Å². The third kappa shape index (κ3) is 3.79. The topological polar surface area (TPSA) is 114 Å². The SMILES string of the molecule is CC(C)(C)[Si](C)(C)OC1[C@H](F)[C@H](n2cc(F)c(=O)[nH]c2=O)OC1(CO)CO. The fourth-order valence-electron chi connectivity index (χ4n) is 2.64. The van der Waals surface area contributed by atoms with E-state index in [0.29, 0.717) is 10.8 Å². The monoisotopic (exact) mass is 408 g/mol. The summed E-state index contributed by atoms with van der Waals surface area (Å²) in [5, 5.41) is 19.3. The Labute approximate surface area is 155 Å². The minimum absolute atomic E-state index is 0.303. The maximum atomic E-state index is 15.3. The van der Waals surface area contributed by atoms with Crippen LogP contribution in [0.15, 0.2) is 15.8 Å². The second-order valence-corrected chi connectivity index (χ2v) is 13.0. The van der Waals surface area contributed by atoms with Gasteiger partial charge in [-0.3, -0.25) is 14.3 Å². The molecule has 0 spiro atoms. The Morgan fingerprint density at radius 1 is 1.33 bits per heavy atom. The summed E-state index contributed by atoms with van der Waals surface area (Å²) in [6.45, 7) is 7.96. The van der Waals surface area contributed by atoms with Crippen LogP contribution in [-0.2, 0) is 9.16 Å². The highest BCUT2D eigenvalue weighted by molar-refractivity contribution is 6.74. The molecule has 154 valence electrons. The number of hydrogen-bond donors (Lipinski definition) is 3. The van der Waals surface area contributed by atoms with Crippen molar-refractivity contribution in [2.75, 3.05) is 13.2 Å². The Balaban J connectivity index is 2.50. The average molecular weight is 408 g/mol. The van der Waals surface area contributed by atoms with Crippen molar-refractivity contribution >= 4 is 8.32 Å². The molecule has 0 radical (unpaired) electrons. The molecule has 11 heteroatoms. The highest BCUT2D eigenvalue weighted by Crippen LogP contribution is 2.45. The molecule has 0 aromatic carbocycles. The Hall–Kier alpha value is -1.40. The van der Waals surface area contributed by atoms with Gasteiger partial charge in [0, 0.05) is 0 Å². The molecule has 1 aliphatic heterocycles. The molecule has 0 aliphatic carbocycles. The largest absolute Gasteiger partial charge is 0.408 e. The van der Waals surface area contributed by atoms with Gasteiger partial charge in [0.2, 0.25) is 5.82 Å². The van der Waals surface area contributed by atoms with E-state index in [1.54, 1.807) is 4.98 Å². The number of aliphatic hydroxyl groups excluding tert-OH is 2. The van der Waals surface area contributed by atoms with E-state index in [1.807, 2.05) is 33.9 Å². The van der Waals surface area contributed by atoms with Crippen LogP contribution in [-0.4, -0.2) is 59.2 Å². The van der Waals surface area contributed by atoms with E-state index in [9.17, 15) is 24.2 Å². The molecule has 3 N–H and O–H groups in total. The van der Waals surface area contributed by atoms with Crippen LogP contribution < -0.4 is 11.2 Å². The smallest absolute Gasteiger partial charge is 0.330 e. The maximum Gasteiger partial charge on any atom is 0.330 e. The molecule has 2 heterocycles. The zero-order valence-electron chi connectivity index (χ0n) is 16.0. The Morgan fingerprint density at radius 2 is 1.89 bits per heavy atom. The van der Waals surface area contributed by atoms with Gasteiger partial charge in [-0.15, -0.1) is 0 Å². The van der Waals surface area contributed by atoms with Crippen molar-refractivity contribution in [1.82, 2.24) is 9.55 Å². The van der Waals surface area contributed by atoms with Gasteiger partial charge in [0.25, 0.3) is 5.56 Å². The molecule has 27 heavy (non-hydrogen) atoms. The molecular weight excluding hydrogens is 382 g/mol. The van der Waals surface area contributed by atoms with Gasteiger partial charge in [0.05, 0.1) is 19.4 Å². The fourth-order valence-corrected chi connectivity index (χ4v) is 3.98. The van der Waals surface area contributed by atoms with Crippen LogP contribution in [0.2, 0.25) is 18.1 Å². The van der Waals surface area contributed by atoms with E-state index >= 15 is 4.39 Å². The molecule has 1 aromatic rings. The lowest BCUT2D eigenvalue weighted by Gasteiger charge is -2.42. The van der Waals surface area contributed by atoms with E-state index in [-0.39, 0.29) is 5.04 Å². The molecular formula is C16H26F2N2O6Si. The summed E-state index contributed by atoms with van der Waals surface area (Å²) < 4.78 is 41.0. The molecule has 0 amide bonds. The van der Waals surface area contributed by atoms with Crippen LogP contribution in [0.5, 0.6) is 0 Å². The van der Waals surface area contributed by atoms with Gasteiger partial charge >= 0.3 is 5.69 Å². The second-order valence-electron chi connectivity index (χ2n) is 8.28. The highest BCUT2D eigenvalue weighted by Gasteiger charge is 2.59. The standard InChI is InChI=1S/C16H26F2N2O6Si/c1-15(2,3)27(4,5)26-11-10(18)13(25-16(11,7-21)8-22)20-6-9(17)12(23)19-14(20)24/h6,10-11,13,21-22H,7-8H2,1-5H3,(H,19,23,24)/t10-,11?,13+/m0/s1. The van der Waals surface area contributed by atoms with E-state index in [1.165, 1.54) is 0 Å². The van der Waals surface area contributed by atoms with Gasteiger partial charge in [0.1, 0.15) is 11.7 Å². The number of rotatable bonds is 5. The zero-order chi connectivity index (χ0) is 20.8. The van der Waals surface area contributed by atoms with E-state index in [0.717, 1.165) is 0 Å². The summed E-state index contributed by atoms with van der Waals surface area (Å²) in [5.74, 6) is -1.29. The van der Waals surface area contributed by atoms with Gasteiger partial charge in [-0.25, -0.2) is 9.18 Å². The minimum Gasteiger partial charge on any atom is -0.408 e. The summed E-state index contributed by atoms with van der Waals surface area (Å²) in [4.78, 5) is 24.9. The number of aromatic nitrogens is 2. The summed E-state index contributed by atoms with van der Waals surface area (Å²) in [6.07, 6.45) is -4.54. The lowest BCUT2D eigenvalue weighted by molar-refractivity contribution is -0.148. The number of nitrogens with one attached hydrogen (secondary N) is 1. The molecule has 1 fully saturated rings. The molecule has 3 atom stereocenters. The summed E-state index contributed by atoms with van der Waals surface area (Å²) in [6, 6.07) is 0. The number of ether oxygens (including phenoxy) is 1. The van der Waals surface area contributed by atoms with Gasteiger partial charge in [-0.05, 0) is 18.1 Å². The van der Waals surface area contributed by atoms with Crippen molar-refractivity contribution < 1.29 is 28.2 Å². The van der Waals surface area contributed by atoms with Crippen LogP contribution in [0, 0.1) is 5.82 Å². The predicted octanol–water partition coefficient (Wildman–Crippen LogP) is 0.656. The molecule has 8 nitrogen and oxygen atoms in total. The van der Waals surface area contributed by atoms with Gasteiger partial charge in [-0.1, -0.05) is 20.8 Å². The van der Waals surface area contributed by atoms with Gasteiger partial charge in [-0.2, -0.15) is 4.39 Å². The van der Waals surface area contributed by atoms with Crippen molar-refractivity contribution in [2.24, 2.45) is 0 Å². The van der Waals surface area contributed by atoms with Crippen LogP contribution in [0.1, 0.15) is 27.0 Å². The fraction of sp³-hybridized carbons (Fsp3) is 0.750. The number of H-pyrrole nitrogens is 1. The minimum atomic E-state index is -2.56. The third-order valence-electron chi connectivity index (χ3n) is 5.40. The molecule has 2 rings (SSSR count). The van der Waals surface area contributed by atoms with Crippen LogP contribution in [0.25, 0.3) is 0 Å².